The molecule has 0 bridgehead atoms. The average molecular weight is 260 g/mol. The zero-order valence-electron chi connectivity index (χ0n) is 10.0. The van der Waals surface area contributed by atoms with Crippen LogP contribution in [-0.2, 0) is 9.59 Å². The number of hydrogen-bond donors (Lipinski definition) is 1. The second-order valence-electron chi connectivity index (χ2n) is 4.65. The highest BCUT2D eigenvalue weighted by atomic mass is 16.4. The number of carbonyl (C=O) groups excluding carboxylic acids is 2. The molecular weight excluding hydrogens is 248 g/mol. The van der Waals surface area contributed by atoms with Crippen molar-refractivity contribution in [3.8, 4) is 0 Å². The summed E-state index contributed by atoms with van der Waals surface area (Å²) >= 11 is 0. The Morgan fingerprint density at radius 2 is 1.84 bits per heavy atom. The predicted octanol–water partition coefficient (Wildman–Crippen LogP) is 1.07. The number of imide groups is 1. The molecule has 2 unspecified atom stereocenters. The second kappa shape index (κ2) is 4.08. The Hall–Kier alpha value is -2.37. The van der Waals surface area contributed by atoms with Crippen LogP contribution in [0.3, 0.4) is 0 Å². The molecule has 0 aromatic heterocycles. The lowest BCUT2D eigenvalue weighted by atomic mass is 10.1. The molecule has 1 aromatic rings. The van der Waals surface area contributed by atoms with E-state index in [0.29, 0.717) is 18.5 Å². The quantitative estimate of drug-likeness (QED) is 0.807. The van der Waals surface area contributed by atoms with Crippen molar-refractivity contribution >= 4 is 23.6 Å². The van der Waals surface area contributed by atoms with Crippen LogP contribution >= 0.6 is 0 Å². The van der Waals surface area contributed by atoms with Gasteiger partial charge >= 0.3 is 12.0 Å². The van der Waals surface area contributed by atoms with Gasteiger partial charge in [-0.3, -0.25) is 9.69 Å². The largest absolute Gasteiger partial charge is 0.480 e. The molecule has 0 saturated carbocycles. The Bertz CT molecular complexity index is 557. The minimum atomic E-state index is -1.06. The first-order chi connectivity index (χ1) is 9.11. The van der Waals surface area contributed by atoms with Crippen LogP contribution in [0.25, 0.3) is 0 Å². The normalized spacial score (nSPS) is 25.9. The molecule has 2 saturated heterocycles. The Kier molecular flexibility index (Phi) is 2.51. The summed E-state index contributed by atoms with van der Waals surface area (Å²) in [5.74, 6) is -1.39. The van der Waals surface area contributed by atoms with E-state index in [9.17, 15) is 14.4 Å². The molecule has 2 fully saturated rings. The third-order valence-electron chi connectivity index (χ3n) is 3.60. The van der Waals surface area contributed by atoms with E-state index in [1.807, 2.05) is 0 Å². The molecule has 98 valence electrons. The molecule has 2 atom stereocenters. The number of carboxylic acid groups (broad SMARTS) is 1. The number of carbonyl (C=O) groups is 3. The van der Waals surface area contributed by atoms with Crippen molar-refractivity contribution in [2.45, 2.75) is 24.9 Å². The first kappa shape index (κ1) is 11.7. The maximum atomic E-state index is 12.3. The van der Waals surface area contributed by atoms with Crippen LogP contribution in [0.4, 0.5) is 10.5 Å². The van der Waals surface area contributed by atoms with Gasteiger partial charge in [-0.05, 0) is 25.0 Å². The van der Waals surface area contributed by atoms with Crippen LogP contribution in [0.15, 0.2) is 30.3 Å². The number of fused-ring (bicyclic) bond motifs is 1. The summed E-state index contributed by atoms with van der Waals surface area (Å²) in [6, 6.07) is 6.51. The molecule has 3 rings (SSSR count). The Morgan fingerprint density at radius 1 is 1.16 bits per heavy atom. The van der Waals surface area contributed by atoms with Crippen molar-refractivity contribution in [1.82, 2.24) is 4.90 Å². The van der Waals surface area contributed by atoms with Crippen LogP contribution in [-0.4, -0.2) is 40.0 Å². The number of amides is 3. The van der Waals surface area contributed by atoms with E-state index in [-0.39, 0.29) is 5.91 Å². The van der Waals surface area contributed by atoms with Gasteiger partial charge in [0.2, 0.25) is 0 Å². The summed E-state index contributed by atoms with van der Waals surface area (Å²) < 4.78 is 0. The zero-order chi connectivity index (χ0) is 13.6. The lowest BCUT2D eigenvalue weighted by Gasteiger charge is -2.20. The summed E-state index contributed by atoms with van der Waals surface area (Å²) in [6.45, 7) is 0. The Balaban J connectivity index is 1.97. The van der Waals surface area contributed by atoms with Crippen molar-refractivity contribution in [1.29, 1.82) is 0 Å². The SMILES string of the molecule is O=C(O)C1CCC2C(=O)N(c3ccccc3)C(=O)N12. The first-order valence-corrected chi connectivity index (χ1v) is 6.05. The van der Waals surface area contributed by atoms with Gasteiger partial charge in [0, 0.05) is 0 Å². The van der Waals surface area contributed by atoms with E-state index in [1.165, 1.54) is 4.90 Å². The fourth-order valence-corrected chi connectivity index (χ4v) is 2.74. The van der Waals surface area contributed by atoms with Crippen molar-refractivity contribution < 1.29 is 19.5 Å². The fourth-order valence-electron chi connectivity index (χ4n) is 2.74. The van der Waals surface area contributed by atoms with Crippen molar-refractivity contribution in [3.63, 3.8) is 0 Å². The molecule has 0 radical (unpaired) electrons. The number of rotatable bonds is 2. The first-order valence-electron chi connectivity index (χ1n) is 6.05. The molecule has 2 heterocycles. The van der Waals surface area contributed by atoms with Crippen molar-refractivity contribution in [2.75, 3.05) is 4.90 Å². The van der Waals surface area contributed by atoms with E-state index in [1.54, 1.807) is 30.3 Å². The third kappa shape index (κ3) is 1.60. The van der Waals surface area contributed by atoms with E-state index in [4.69, 9.17) is 5.11 Å². The van der Waals surface area contributed by atoms with E-state index < -0.39 is 24.1 Å². The van der Waals surface area contributed by atoms with Crippen molar-refractivity contribution in [3.05, 3.63) is 30.3 Å². The van der Waals surface area contributed by atoms with E-state index in [2.05, 4.69) is 0 Å². The van der Waals surface area contributed by atoms with Crippen molar-refractivity contribution in [2.24, 2.45) is 0 Å². The minimum absolute atomic E-state index is 0.333. The van der Waals surface area contributed by atoms with Gasteiger partial charge in [-0.2, -0.15) is 0 Å². The molecule has 6 nitrogen and oxygen atoms in total. The number of anilines is 1. The van der Waals surface area contributed by atoms with E-state index in [0.717, 1.165) is 4.90 Å². The van der Waals surface area contributed by atoms with E-state index >= 15 is 0 Å². The number of para-hydroxylation sites is 1. The van der Waals surface area contributed by atoms with Crippen LogP contribution in [0.1, 0.15) is 12.8 Å². The number of aliphatic carboxylic acids is 1. The van der Waals surface area contributed by atoms with Gasteiger partial charge in [-0.1, -0.05) is 18.2 Å². The average Bonchev–Trinajstić information content (AvgIpc) is 2.93. The Labute approximate surface area is 109 Å². The summed E-state index contributed by atoms with van der Waals surface area (Å²) in [4.78, 5) is 37.9. The predicted molar refractivity (Wildman–Crippen MR) is 65.6 cm³/mol. The Morgan fingerprint density at radius 3 is 2.47 bits per heavy atom. The fraction of sp³-hybridized carbons (Fsp3) is 0.308. The zero-order valence-corrected chi connectivity index (χ0v) is 10.0. The lowest BCUT2D eigenvalue weighted by molar-refractivity contribution is -0.141. The molecule has 2 aliphatic rings. The maximum Gasteiger partial charge on any atom is 0.332 e. The molecule has 19 heavy (non-hydrogen) atoms. The molecule has 3 amide bonds. The minimum Gasteiger partial charge on any atom is -0.480 e. The highest BCUT2D eigenvalue weighted by molar-refractivity contribution is 6.22. The number of benzene rings is 1. The van der Waals surface area contributed by atoms with Crippen LogP contribution in [0.5, 0.6) is 0 Å². The highest BCUT2D eigenvalue weighted by Crippen LogP contribution is 2.34. The molecule has 1 N–H and O–H groups in total. The van der Waals surface area contributed by atoms with Gasteiger partial charge in [-0.25, -0.2) is 14.5 Å². The third-order valence-corrected chi connectivity index (χ3v) is 3.60. The molecule has 0 spiro atoms. The second-order valence-corrected chi connectivity index (χ2v) is 4.65. The molecule has 2 aliphatic heterocycles. The molecule has 1 aromatic carbocycles. The summed E-state index contributed by atoms with van der Waals surface area (Å²) in [5, 5.41) is 9.10. The van der Waals surface area contributed by atoms with Crippen LogP contribution in [0.2, 0.25) is 0 Å². The van der Waals surface area contributed by atoms with Gasteiger partial charge in [0.25, 0.3) is 5.91 Å². The highest BCUT2D eigenvalue weighted by Gasteiger charge is 2.54. The maximum absolute atomic E-state index is 12.3. The van der Waals surface area contributed by atoms with Gasteiger partial charge in [0.15, 0.2) is 0 Å². The van der Waals surface area contributed by atoms with Gasteiger partial charge in [-0.15, -0.1) is 0 Å². The van der Waals surface area contributed by atoms with Gasteiger partial charge in [0.1, 0.15) is 12.1 Å². The van der Waals surface area contributed by atoms with Crippen LogP contribution in [0, 0.1) is 0 Å². The monoisotopic (exact) mass is 260 g/mol. The lowest BCUT2D eigenvalue weighted by Crippen LogP contribution is -2.42. The summed E-state index contributed by atoms with van der Waals surface area (Å²) in [7, 11) is 0. The molecule has 0 aliphatic carbocycles. The van der Waals surface area contributed by atoms with Gasteiger partial charge in [0.05, 0.1) is 5.69 Å². The molecule has 6 heteroatoms. The smallest absolute Gasteiger partial charge is 0.332 e. The molecular formula is C13H12N2O4. The standard InChI is InChI=1S/C13H12N2O4/c16-11-9-6-7-10(12(17)18)15(9)13(19)14(11)8-4-2-1-3-5-8/h1-5,9-10H,6-7H2,(H,17,18). The topological polar surface area (TPSA) is 77.9 Å². The number of carboxylic acids is 1. The summed E-state index contributed by atoms with van der Waals surface area (Å²) in [6.07, 6.45) is 0.741. The number of nitrogens with zero attached hydrogens (tertiary/aromatic N) is 2. The number of urea groups is 1. The number of hydrogen-bond acceptors (Lipinski definition) is 3. The van der Waals surface area contributed by atoms with Crippen LogP contribution < -0.4 is 4.90 Å². The summed E-state index contributed by atoms with van der Waals surface area (Å²) in [5.41, 5.74) is 0.482. The van der Waals surface area contributed by atoms with Gasteiger partial charge < -0.3 is 5.11 Å².